The highest BCUT2D eigenvalue weighted by atomic mass is 19.4. The Hall–Kier alpha value is -3.87. The van der Waals surface area contributed by atoms with Gasteiger partial charge in [0.15, 0.2) is 5.69 Å². The number of hydrogen-bond acceptors (Lipinski definition) is 6. The largest absolute Gasteiger partial charge is 0.423 e. The van der Waals surface area contributed by atoms with Crippen LogP contribution < -0.4 is 5.73 Å². The minimum absolute atomic E-state index is 0.0539. The summed E-state index contributed by atoms with van der Waals surface area (Å²) in [6.45, 7) is 1.11. The average molecular weight is 463 g/mol. The summed E-state index contributed by atoms with van der Waals surface area (Å²) < 4.78 is 55.7. The topological polar surface area (TPSA) is 124 Å². The second kappa shape index (κ2) is 7.92. The minimum atomic E-state index is -4.92. The van der Waals surface area contributed by atoms with E-state index in [9.17, 15) is 27.5 Å². The summed E-state index contributed by atoms with van der Waals surface area (Å²) in [6.07, 6.45) is -3.20. The molecule has 0 aliphatic carbocycles. The van der Waals surface area contributed by atoms with Crippen molar-refractivity contribution in [3.8, 4) is 11.3 Å². The van der Waals surface area contributed by atoms with E-state index < -0.39 is 35.6 Å². The minimum Gasteiger partial charge on any atom is -0.375 e. The molecular formula is C20H17F4N7O2. The number of carbonyl (C=O) groups excluding carboxylic acids is 1. The van der Waals surface area contributed by atoms with Crippen molar-refractivity contribution in [1.29, 1.82) is 0 Å². The highest BCUT2D eigenvalue weighted by Gasteiger charge is 2.55. The zero-order valence-electron chi connectivity index (χ0n) is 17.1. The van der Waals surface area contributed by atoms with Gasteiger partial charge in [0.25, 0.3) is 5.91 Å². The summed E-state index contributed by atoms with van der Waals surface area (Å²) in [4.78, 5) is 20.4. The van der Waals surface area contributed by atoms with Gasteiger partial charge in [-0.15, -0.1) is 5.10 Å². The van der Waals surface area contributed by atoms with Crippen molar-refractivity contribution < 1.29 is 27.5 Å². The number of hydrogen-bond donors (Lipinski definition) is 2. The van der Waals surface area contributed by atoms with E-state index in [0.717, 1.165) is 10.9 Å². The van der Waals surface area contributed by atoms with Gasteiger partial charge in [0, 0.05) is 11.6 Å². The first-order valence-electron chi connectivity index (χ1n) is 9.66. The molecule has 4 aromatic rings. The first-order chi connectivity index (χ1) is 15.5. The van der Waals surface area contributed by atoms with Crippen molar-refractivity contribution in [2.24, 2.45) is 5.73 Å². The second-order valence-electron chi connectivity index (χ2n) is 7.30. The van der Waals surface area contributed by atoms with Crippen LogP contribution in [-0.4, -0.2) is 46.6 Å². The van der Waals surface area contributed by atoms with E-state index in [-0.39, 0.29) is 17.9 Å². The Morgan fingerprint density at radius 3 is 2.52 bits per heavy atom. The Balaban J connectivity index is 1.70. The summed E-state index contributed by atoms with van der Waals surface area (Å²) in [5.41, 5.74) is 3.08. The van der Waals surface area contributed by atoms with Gasteiger partial charge in [0.05, 0.1) is 24.1 Å². The summed E-state index contributed by atoms with van der Waals surface area (Å²) in [5.74, 6) is -1.26. The molecule has 3 aromatic heterocycles. The molecule has 0 bridgehead atoms. The van der Waals surface area contributed by atoms with Crippen LogP contribution in [0, 0.1) is 5.82 Å². The number of nitrogens with two attached hydrogens (primary N) is 1. The third kappa shape index (κ3) is 3.91. The molecule has 1 unspecified atom stereocenters. The molecule has 1 amide bonds. The normalized spacial score (nSPS) is 13.9. The lowest BCUT2D eigenvalue weighted by Crippen LogP contribution is -2.42. The Morgan fingerprint density at radius 2 is 1.91 bits per heavy atom. The van der Waals surface area contributed by atoms with Crippen molar-refractivity contribution in [3.63, 3.8) is 0 Å². The van der Waals surface area contributed by atoms with Crippen LogP contribution in [0.15, 0.2) is 42.9 Å². The average Bonchev–Trinajstić information content (AvgIpc) is 3.38. The second-order valence-corrected chi connectivity index (χ2v) is 7.30. The smallest absolute Gasteiger partial charge is 0.375 e. The molecule has 0 spiro atoms. The number of halogens is 4. The molecule has 0 saturated carbocycles. The van der Waals surface area contributed by atoms with E-state index in [1.807, 2.05) is 0 Å². The van der Waals surface area contributed by atoms with Crippen molar-refractivity contribution in [3.05, 3.63) is 65.8 Å². The van der Waals surface area contributed by atoms with E-state index in [4.69, 9.17) is 5.73 Å². The number of alkyl halides is 3. The van der Waals surface area contributed by atoms with Crippen LogP contribution in [0.5, 0.6) is 0 Å². The number of nitrogens with zero attached hydrogens (tertiary/aromatic N) is 6. The number of benzene rings is 1. The van der Waals surface area contributed by atoms with Crippen molar-refractivity contribution >= 4 is 11.6 Å². The predicted octanol–water partition coefficient (Wildman–Crippen LogP) is 2.43. The van der Waals surface area contributed by atoms with E-state index >= 15 is 0 Å². The number of amides is 1. The maximum absolute atomic E-state index is 13.3. The van der Waals surface area contributed by atoms with E-state index in [1.165, 1.54) is 48.0 Å². The molecule has 0 aliphatic heterocycles. The Bertz CT molecular complexity index is 1330. The fourth-order valence-corrected chi connectivity index (χ4v) is 3.39. The summed E-state index contributed by atoms with van der Waals surface area (Å²) in [6, 6.07) is 6.87. The number of carbonyl (C=O) groups is 1. The molecule has 13 heteroatoms. The third-order valence-corrected chi connectivity index (χ3v) is 5.19. The Kier molecular flexibility index (Phi) is 5.36. The predicted molar refractivity (Wildman–Crippen MR) is 106 cm³/mol. The van der Waals surface area contributed by atoms with Crippen LogP contribution in [-0.2, 0) is 12.1 Å². The highest BCUT2D eigenvalue weighted by molar-refractivity contribution is 5.98. The summed E-state index contributed by atoms with van der Waals surface area (Å²) >= 11 is 0. The van der Waals surface area contributed by atoms with Gasteiger partial charge in [-0.1, -0.05) is 12.1 Å². The van der Waals surface area contributed by atoms with Crippen LogP contribution >= 0.6 is 0 Å². The maximum atomic E-state index is 13.3. The lowest BCUT2D eigenvalue weighted by Gasteiger charge is -2.26. The lowest BCUT2D eigenvalue weighted by atomic mass is 9.96. The van der Waals surface area contributed by atoms with Gasteiger partial charge < -0.3 is 10.8 Å². The van der Waals surface area contributed by atoms with Crippen LogP contribution in [0.2, 0.25) is 0 Å². The summed E-state index contributed by atoms with van der Waals surface area (Å²) in [5, 5.41) is 17.2. The molecular weight excluding hydrogens is 446 g/mol. The molecule has 3 N–H and O–H groups in total. The van der Waals surface area contributed by atoms with Crippen LogP contribution in [0.3, 0.4) is 0 Å². The number of primary amides is 1. The van der Waals surface area contributed by atoms with Crippen molar-refractivity contribution in [1.82, 2.24) is 29.4 Å². The third-order valence-electron chi connectivity index (χ3n) is 5.19. The molecule has 33 heavy (non-hydrogen) atoms. The van der Waals surface area contributed by atoms with Gasteiger partial charge >= 0.3 is 6.18 Å². The quantitative estimate of drug-likeness (QED) is 0.423. The summed E-state index contributed by atoms with van der Waals surface area (Å²) in [7, 11) is 0. The first kappa shape index (κ1) is 22.3. The van der Waals surface area contributed by atoms with Gasteiger partial charge in [0.2, 0.25) is 5.60 Å². The number of rotatable bonds is 6. The number of imidazole rings is 1. The lowest BCUT2D eigenvalue weighted by molar-refractivity contribution is -0.269. The molecule has 1 atom stereocenters. The molecule has 0 fully saturated rings. The molecule has 9 nitrogen and oxygen atoms in total. The molecule has 0 aliphatic rings. The van der Waals surface area contributed by atoms with Gasteiger partial charge in [-0.3, -0.25) is 9.20 Å². The zero-order chi connectivity index (χ0) is 24.0. The fourth-order valence-electron chi connectivity index (χ4n) is 3.39. The molecule has 3 heterocycles. The maximum Gasteiger partial charge on any atom is 0.423 e. The fraction of sp³-hybridized carbons (Fsp3) is 0.250. The van der Waals surface area contributed by atoms with Crippen molar-refractivity contribution in [2.45, 2.75) is 31.7 Å². The molecule has 4 rings (SSSR count). The van der Waals surface area contributed by atoms with Crippen LogP contribution in [0.1, 0.15) is 35.2 Å². The zero-order valence-corrected chi connectivity index (χ0v) is 17.1. The van der Waals surface area contributed by atoms with Gasteiger partial charge in [-0.05, 0) is 30.7 Å². The molecule has 1 aromatic carbocycles. The van der Waals surface area contributed by atoms with Gasteiger partial charge in [0.1, 0.15) is 23.5 Å². The van der Waals surface area contributed by atoms with Crippen molar-refractivity contribution in [2.75, 3.05) is 0 Å². The number of fused-ring (bicyclic) bond motifs is 1. The standard InChI is InChI=1S/C20H17F4N7O2/c1-2-19(33,20(22,23)24)14-9-30(29-28-14)8-13-7-15-27-16(18(25)32)17(31(15)10-26-13)11-3-5-12(21)6-4-11/h3-7,9-10,33H,2,8H2,1H3,(H2,25,32). The monoisotopic (exact) mass is 463 g/mol. The van der Waals surface area contributed by atoms with Crippen LogP contribution in [0.4, 0.5) is 17.6 Å². The van der Waals surface area contributed by atoms with E-state index in [1.54, 1.807) is 0 Å². The highest BCUT2D eigenvalue weighted by Crippen LogP contribution is 2.40. The van der Waals surface area contributed by atoms with Crippen LogP contribution in [0.25, 0.3) is 16.9 Å². The molecule has 0 radical (unpaired) electrons. The molecule has 0 saturated heterocycles. The van der Waals surface area contributed by atoms with Gasteiger partial charge in [-0.2, -0.15) is 13.2 Å². The number of aliphatic hydroxyl groups is 1. The Morgan fingerprint density at radius 1 is 1.21 bits per heavy atom. The van der Waals surface area contributed by atoms with Gasteiger partial charge in [-0.25, -0.2) is 19.0 Å². The van der Waals surface area contributed by atoms with E-state index in [0.29, 0.717) is 17.0 Å². The van der Waals surface area contributed by atoms with E-state index in [2.05, 4.69) is 20.3 Å². The number of aromatic nitrogens is 6. The SMILES string of the molecule is CCC(O)(c1cn(Cc2cc3nc(C(N)=O)c(-c4ccc(F)cc4)n3cn2)nn1)C(F)(F)F. The molecule has 172 valence electrons. The first-order valence-corrected chi connectivity index (χ1v) is 9.66. The Labute approximate surface area is 183 Å².